The molecule has 2 fully saturated rings. The normalized spacial score (nSPS) is 18.1. The van der Waals surface area contributed by atoms with Crippen LogP contribution in [-0.2, 0) is 22.4 Å². The summed E-state index contributed by atoms with van der Waals surface area (Å²) in [7, 11) is 0. The molecule has 6 rings (SSSR count). The van der Waals surface area contributed by atoms with Gasteiger partial charge in [-0.3, -0.25) is 14.6 Å². The monoisotopic (exact) mass is 643 g/mol. The van der Waals surface area contributed by atoms with Gasteiger partial charge in [0.15, 0.2) is 0 Å². The minimum atomic E-state index is -0.522. The Morgan fingerprint density at radius 3 is 2.41 bits per heavy atom. The van der Waals surface area contributed by atoms with Gasteiger partial charge >= 0.3 is 6.03 Å². The first-order chi connectivity index (χ1) is 22.3. The number of hydrogen-bond acceptors (Lipinski definition) is 6. The lowest BCUT2D eigenvalue weighted by Gasteiger charge is -2.39. The molecular weight excluding hydrogens is 602 g/mol. The summed E-state index contributed by atoms with van der Waals surface area (Å²) in [5.74, 6) is -0.561. The second-order valence-electron chi connectivity index (χ2n) is 12.6. The summed E-state index contributed by atoms with van der Waals surface area (Å²) in [4.78, 5) is 52.9. The third-order valence-corrected chi connectivity index (χ3v) is 9.98. The van der Waals surface area contributed by atoms with Gasteiger partial charge in [0.25, 0.3) is 0 Å². The van der Waals surface area contributed by atoms with Crippen molar-refractivity contribution in [2.24, 2.45) is 5.92 Å². The molecule has 3 N–H and O–H groups in total. The average molecular weight is 644 g/mol. The molecule has 4 amide bonds. The minimum Gasteiger partial charge on any atom is -0.397 e. The third-order valence-electron chi connectivity index (χ3n) is 9.67. The first-order valence-electron chi connectivity index (χ1n) is 16.2. The fraction of sp³-hybridized carbons (Fsp3) is 0.429. The van der Waals surface area contributed by atoms with Gasteiger partial charge in [0.1, 0.15) is 0 Å². The third kappa shape index (κ3) is 7.07. The number of likely N-dealkylation sites (tertiary alicyclic amines) is 1. The number of nitrogens with two attached hydrogens (primary N) is 1. The number of pyridine rings is 1. The molecule has 4 heterocycles. The number of anilines is 3. The SMILES string of the molecule is Cc1cc(C[C@@H](CC(=O)N2CCC(N3CCc4ccccc4NC3=O)CC2)C(=O)N2CCN(c3ccncc3)CC2)cc(Cl)c1N. The molecule has 2 aromatic carbocycles. The minimum absolute atomic E-state index is 0.0102. The van der Waals surface area contributed by atoms with Crippen LogP contribution in [0.4, 0.5) is 21.9 Å². The maximum atomic E-state index is 14.0. The lowest BCUT2D eigenvalue weighted by atomic mass is 9.92. The summed E-state index contributed by atoms with van der Waals surface area (Å²) in [6, 6.07) is 15.6. The first-order valence-corrected chi connectivity index (χ1v) is 16.6. The highest BCUT2D eigenvalue weighted by molar-refractivity contribution is 6.33. The van der Waals surface area contributed by atoms with Gasteiger partial charge in [0.2, 0.25) is 11.8 Å². The summed E-state index contributed by atoms with van der Waals surface area (Å²) in [6.45, 7) is 6.25. The number of piperazine rings is 1. The second-order valence-corrected chi connectivity index (χ2v) is 13.0. The molecule has 0 saturated carbocycles. The van der Waals surface area contributed by atoms with E-state index >= 15 is 0 Å². The number of hydrogen-bond donors (Lipinski definition) is 2. The van der Waals surface area contributed by atoms with Gasteiger partial charge in [0.05, 0.1) is 16.6 Å². The summed E-state index contributed by atoms with van der Waals surface area (Å²) >= 11 is 6.42. The van der Waals surface area contributed by atoms with E-state index in [1.165, 1.54) is 0 Å². The van der Waals surface area contributed by atoms with Crippen LogP contribution in [0.25, 0.3) is 0 Å². The number of nitrogens with one attached hydrogen (secondary N) is 1. The van der Waals surface area contributed by atoms with E-state index in [-0.39, 0.29) is 30.3 Å². The van der Waals surface area contributed by atoms with E-state index in [1.54, 1.807) is 12.4 Å². The van der Waals surface area contributed by atoms with Crippen LogP contribution in [0.2, 0.25) is 5.02 Å². The zero-order valence-corrected chi connectivity index (χ0v) is 27.1. The number of rotatable bonds is 7. The molecule has 0 bridgehead atoms. The van der Waals surface area contributed by atoms with Crippen molar-refractivity contribution in [2.45, 2.75) is 45.1 Å². The van der Waals surface area contributed by atoms with Gasteiger partial charge in [-0.1, -0.05) is 35.9 Å². The van der Waals surface area contributed by atoms with Crippen molar-refractivity contribution in [1.82, 2.24) is 19.7 Å². The number of carbonyl (C=O) groups is 3. The van der Waals surface area contributed by atoms with Crippen molar-refractivity contribution in [3.05, 3.63) is 82.6 Å². The number of aryl methyl sites for hydroxylation is 1. The quantitative estimate of drug-likeness (QED) is 0.364. The van der Waals surface area contributed by atoms with E-state index < -0.39 is 5.92 Å². The van der Waals surface area contributed by atoms with E-state index in [4.69, 9.17) is 17.3 Å². The molecule has 10 nitrogen and oxygen atoms in total. The number of nitrogen functional groups attached to an aromatic ring is 1. The highest BCUT2D eigenvalue weighted by Gasteiger charge is 2.34. The van der Waals surface area contributed by atoms with Crippen molar-refractivity contribution in [3.8, 4) is 0 Å². The molecular formula is C35H42ClN7O3. The average Bonchev–Trinajstić information content (AvgIpc) is 3.25. The Hall–Kier alpha value is -4.31. The fourth-order valence-electron chi connectivity index (χ4n) is 6.98. The van der Waals surface area contributed by atoms with Gasteiger partial charge in [-0.15, -0.1) is 0 Å². The molecule has 3 aliphatic heterocycles. The van der Waals surface area contributed by atoms with E-state index in [9.17, 15) is 14.4 Å². The Bertz CT molecular complexity index is 1550. The van der Waals surface area contributed by atoms with Crippen LogP contribution in [0.3, 0.4) is 0 Å². The molecule has 0 radical (unpaired) electrons. The second kappa shape index (κ2) is 14.0. The Kier molecular flexibility index (Phi) is 9.63. The summed E-state index contributed by atoms with van der Waals surface area (Å²) in [5.41, 5.74) is 11.5. The summed E-state index contributed by atoms with van der Waals surface area (Å²) < 4.78 is 0. The molecule has 242 valence electrons. The number of amides is 4. The number of aromatic nitrogens is 1. The number of benzene rings is 2. The van der Waals surface area contributed by atoms with Crippen LogP contribution in [-0.4, -0.2) is 89.4 Å². The van der Waals surface area contributed by atoms with Crippen LogP contribution in [0.15, 0.2) is 60.9 Å². The van der Waals surface area contributed by atoms with Crippen molar-refractivity contribution in [1.29, 1.82) is 0 Å². The molecule has 0 aliphatic carbocycles. The smallest absolute Gasteiger partial charge is 0.322 e. The van der Waals surface area contributed by atoms with E-state index in [0.717, 1.165) is 34.5 Å². The molecule has 2 saturated heterocycles. The van der Waals surface area contributed by atoms with Crippen molar-refractivity contribution < 1.29 is 14.4 Å². The van der Waals surface area contributed by atoms with Crippen molar-refractivity contribution >= 4 is 46.5 Å². The Labute approximate surface area is 275 Å². The van der Waals surface area contributed by atoms with E-state index in [2.05, 4.69) is 21.3 Å². The van der Waals surface area contributed by atoms with Crippen molar-refractivity contribution in [3.63, 3.8) is 0 Å². The number of halogens is 1. The molecule has 1 aromatic heterocycles. The Balaban J connectivity index is 1.10. The number of piperidine rings is 1. The number of carbonyl (C=O) groups excluding carboxylic acids is 3. The van der Waals surface area contributed by atoms with Gasteiger partial charge in [-0.2, -0.15) is 0 Å². The predicted octanol–water partition coefficient (Wildman–Crippen LogP) is 4.60. The lowest BCUT2D eigenvalue weighted by Crippen LogP contribution is -2.52. The molecule has 1 atom stereocenters. The first kappa shape index (κ1) is 31.7. The van der Waals surface area contributed by atoms with E-state index in [0.29, 0.717) is 75.8 Å². The van der Waals surface area contributed by atoms with Gasteiger partial charge in [-0.25, -0.2) is 4.79 Å². The fourth-order valence-corrected chi connectivity index (χ4v) is 7.27. The maximum Gasteiger partial charge on any atom is 0.322 e. The standard InChI is InChI=1S/C35H42ClN7O3/c1-24-20-25(22-30(36)33(24)37)21-27(34(45)42-18-16-40(17-19-42)28-6-11-38-12-7-28)23-32(44)41-13-9-29(10-14-41)43-15-8-26-4-2-3-5-31(26)39-35(43)46/h2-7,11-12,20,22,27,29H,8-10,13-19,21,23,37H2,1H3,(H,39,46)/t27-/m0/s1. The lowest BCUT2D eigenvalue weighted by molar-refractivity contribution is -0.142. The maximum absolute atomic E-state index is 14.0. The number of para-hydroxylation sites is 1. The van der Waals surface area contributed by atoms with Crippen LogP contribution < -0.4 is 16.0 Å². The van der Waals surface area contributed by atoms with Crippen molar-refractivity contribution in [2.75, 3.05) is 61.8 Å². The van der Waals surface area contributed by atoms with Gasteiger partial charge < -0.3 is 30.7 Å². The highest BCUT2D eigenvalue weighted by Crippen LogP contribution is 2.29. The molecule has 0 spiro atoms. The largest absolute Gasteiger partial charge is 0.397 e. The Morgan fingerprint density at radius 2 is 1.70 bits per heavy atom. The molecule has 3 aliphatic rings. The predicted molar refractivity (Wildman–Crippen MR) is 181 cm³/mol. The molecule has 46 heavy (non-hydrogen) atoms. The molecule has 11 heteroatoms. The topological polar surface area (TPSA) is 115 Å². The summed E-state index contributed by atoms with van der Waals surface area (Å²) in [5, 5.41) is 3.52. The zero-order chi connectivity index (χ0) is 32.2. The van der Waals surface area contributed by atoms with Gasteiger partial charge in [0, 0.05) is 82.0 Å². The molecule has 0 unspecified atom stereocenters. The van der Waals surface area contributed by atoms with E-state index in [1.807, 2.05) is 64.1 Å². The Morgan fingerprint density at radius 1 is 0.978 bits per heavy atom. The number of nitrogens with zero attached hydrogens (tertiary/aromatic N) is 5. The van der Waals surface area contributed by atoms with Crippen LogP contribution in [0, 0.1) is 12.8 Å². The van der Waals surface area contributed by atoms with Crippen LogP contribution in [0.1, 0.15) is 36.0 Å². The summed E-state index contributed by atoms with van der Waals surface area (Å²) in [6.07, 6.45) is 6.28. The number of fused-ring (bicyclic) bond motifs is 1. The zero-order valence-electron chi connectivity index (χ0n) is 26.3. The number of urea groups is 1. The van der Waals surface area contributed by atoms with Crippen LogP contribution in [0.5, 0.6) is 0 Å². The molecule has 3 aromatic rings. The van der Waals surface area contributed by atoms with Gasteiger partial charge in [-0.05, 0) is 73.6 Å². The van der Waals surface area contributed by atoms with Crippen LogP contribution >= 0.6 is 11.6 Å². The highest BCUT2D eigenvalue weighted by atomic mass is 35.5.